The van der Waals surface area contributed by atoms with Gasteiger partial charge in [-0.3, -0.25) is 14.4 Å². The van der Waals surface area contributed by atoms with E-state index in [2.05, 4.69) is 6.07 Å². The zero-order valence-corrected chi connectivity index (χ0v) is 18.8. The number of aliphatic hydroxyl groups is 1. The summed E-state index contributed by atoms with van der Waals surface area (Å²) >= 11 is 0. The molecule has 2 aromatic carbocycles. The summed E-state index contributed by atoms with van der Waals surface area (Å²) in [7, 11) is 0. The maximum atomic E-state index is 12.9. The maximum absolute atomic E-state index is 12.9. The van der Waals surface area contributed by atoms with Crippen molar-refractivity contribution in [1.82, 2.24) is 9.80 Å². The minimum absolute atomic E-state index is 0.0429. The van der Waals surface area contributed by atoms with Gasteiger partial charge in [0.2, 0.25) is 0 Å². The highest BCUT2D eigenvalue weighted by atomic mass is 16.3. The molecule has 5 rings (SSSR count). The molecule has 0 radical (unpaired) electrons. The van der Waals surface area contributed by atoms with Crippen molar-refractivity contribution >= 4 is 17.6 Å². The van der Waals surface area contributed by atoms with Gasteiger partial charge in [0, 0.05) is 44.1 Å². The molecule has 33 heavy (non-hydrogen) atoms. The lowest BCUT2D eigenvalue weighted by Gasteiger charge is -2.35. The van der Waals surface area contributed by atoms with E-state index < -0.39 is 5.60 Å². The molecule has 0 aromatic heterocycles. The molecule has 1 saturated heterocycles. The average molecular weight is 447 g/mol. The first-order chi connectivity index (χ1) is 15.9. The first kappa shape index (κ1) is 21.8. The van der Waals surface area contributed by atoms with Crippen LogP contribution in [0.1, 0.15) is 48.0 Å². The Balaban J connectivity index is 1.20. The fourth-order valence-electron chi connectivity index (χ4n) is 4.66. The highest BCUT2D eigenvalue weighted by Crippen LogP contribution is 2.37. The van der Waals surface area contributed by atoms with Crippen molar-refractivity contribution in [2.75, 3.05) is 26.2 Å². The smallest absolute Gasteiger partial charge is 0.254 e. The van der Waals surface area contributed by atoms with Gasteiger partial charge >= 0.3 is 0 Å². The van der Waals surface area contributed by atoms with Gasteiger partial charge in [-0.05, 0) is 54.5 Å². The molecule has 0 atom stereocenters. The molecular formula is C27H30N2O4. The summed E-state index contributed by atoms with van der Waals surface area (Å²) in [5, 5.41) is 10.0. The number of hydrogen-bond donors (Lipinski definition) is 1. The van der Waals surface area contributed by atoms with Crippen molar-refractivity contribution in [2.45, 2.75) is 44.1 Å². The first-order valence-corrected chi connectivity index (χ1v) is 12.0. The Morgan fingerprint density at radius 3 is 2.15 bits per heavy atom. The zero-order chi connectivity index (χ0) is 23.0. The standard InChI is InChI=1S/C27H30N2O4/c30-24(21-4-2-5-21)18-19-3-1-6-23(17-19)20-7-9-22(10-8-20)25(31)28-13-15-29(16-14-28)26(32)27(33)11-12-27/h1,3,6-10,17,21,33H,2,4-5,11-16,18H2. The van der Waals surface area contributed by atoms with Crippen LogP contribution in [0.5, 0.6) is 0 Å². The van der Waals surface area contributed by atoms with Gasteiger partial charge in [0.1, 0.15) is 11.4 Å². The summed E-state index contributed by atoms with van der Waals surface area (Å²) in [5.74, 6) is 0.346. The molecule has 3 aliphatic rings. The number of ketones is 1. The Bertz CT molecular complexity index is 1060. The number of carbonyl (C=O) groups excluding carboxylic acids is 3. The molecule has 0 unspecified atom stereocenters. The minimum atomic E-state index is -1.15. The minimum Gasteiger partial charge on any atom is -0.380 e. The summed E-state index contributed by atoms with van der Waals surface area (Å²) in [6.45, 7) is 1.85. The molecule has 172 valence electrons. The van der Waals surface area contributed by atoms with Crippen LogP contribution in [-0.4, -0.2) is 64.3 Å². The van der Waals surface area contributed by atoms with Crippen molar-refractivity contribution in [3.63, 3.8) is 0 Å². The fraction of sp³-hybridized carbons (Fsp3) is 0.444. The SMILES string of the molecule is O=C(Cc1cccc(-c2ccc(C(=O)N3CCN(C(=O)C4(O)CC4)CC3)cc2)c1)C1CCC1. The van der Waals surface area contributed by atoms with E-state index in [0.717, 1.165) is 29.5 Å². The van der Waals surface area contributed by atoms with Crippen molar-refractivity contribution in [1.29, 1.82) is 0 Å². The Morgan fingerprint density at radius 1 is 0.879 bits per heavy atom. The summed E-state index contributed by atoms with van der Waals surface area (Å²) in [6, 6.07) is 15.7. The van der Waals surface area contributed by atoms with Gasteiger partial charge in [-0.1, -0.05) is 42.8 Å². The molecule has 2 aromatic rings. The summed E-state index contributed by atoms with van der Waals surface area (Å²) < 4.78 is 0. The van der Waals surface area contributed by atoms with E-state index in [9.17, 15) is 19.5 Å². The third-order valence-corrected chi connectivity index (χ3v) is 7.31. The monoisotopic (exact) mass is 446 g/mol. The van der Waals surface area contributed by atoms with E-state index >= 15 is 0 Å². The van der Waals surface area contributed by atoms with Crippen LogP contribution in [0.4, 0.5) is 0 Å². The van der Waals surface area contributed by atoms with E-state index in [1.165, 1.54) is 6.42 Å². The third kappa shape index (κ3) is 4.58. The summed E-state index contributed by atoms with van der Waals surface area (Å²) in [5.41, 5.74) is 2.56. The number of benzene rings is 2. The molecule has 3 fully saturated rings. The second kappa shape index (κ2) is 8.75. The number of rotatable bonds is 6. The van der Waals surface area contributed by atoms with E-state index in [1.807, 2.05) is 42.5 Å². The van der Waals surface area contributed by atoms with Crippen LogP contribution in [0, 0.1) is 5.92 Å². The van der Waals surface area contributed by atoms with Crippen LogP contribution in [0.25, 0.3) is 11.1 Å². The van der Waals surface area contributed by atoms with Crippen LogP contribution >= 0.6 is 0 Å². The number of hydrogen-bond acceptors (Lipinski definition) is 4. The van der Waals surface area contributed by atoms with Crippen LogP contribution in [-0.2, 0) is 16.0 Å². The normalized spacial score (nSPS) is 19.7. The molecule has 1 N–H and O–H groups in total. The maximum Gasteiger partial charge on any atom is 0.254 e. The van der Waals surface area contributed by atoms with Crippen LogP contribution in [0.15, 0.2) is 48.5 Å². The predicted molar refractivity (Wildman–Crippen MR) is 125 cm³/mol. The Morgan fingerprint density at radius 2 is 1.55 bits per heavy atom. The quantitative estimate of drug-likeness (QED) is 0.740. The van der Waals surface area contributed by atoms with Gasteiger partial charge in [-0.15, -0.1) is 0 Å². The Hall–Kier alpha value is -2.99. The Kier molecular flexibility index (Phi) is 5.79. The zero-order valence-electron chi connectivity index (χ0n) is 18.8. The highest BCUT2D eigenvalue weighted by Gasteiger charge is 2.50. The van der Waals surface area contributed by atoms with Crippen molar-refractivity contribution in [3.05, 3.63) is 59.7 Å². The van der Waals surface area contributed by atoms with Crippen molar-refractivity contribution < 1.29 is 19.5 Å². The van der Waals surface area contributed by atoms with Gasteiger partial charge in [0.05, 0.1) is 0 Å². The van der Waals surface area contributed by atoms with E-state index in [4.69, 9.17) is 0 Å². The van der Waals surface area contributed by atoms with Crippen molar-refractivity contribution in [2.24, 2.45) is 5.92 Å². The molecule has 1 aliphatic heterocycles. The second-order valence-electron chi connectivity index (χ2n) is 9.66. The Labute approximate surface area is 194 Å². The number of carbonyl (C=O) groups is 3. The number of Topliss-reactive ketones (excluding diaryl/α,β-unsaturated/α-hetero) is 1. The molecule has 2 amide bonds. The van der Waals surface area contributed by atoms with Crippen LogP contribution in [0.3, 0.4) is 0 Å². The van der Waals surface area contributed by atoms with Crippen LogP contribution in [0.2, 0.25) is 0 Å². The van der Waals surface area contributed by atoms with Gasteiger partial charge in [-0.2, -0.15) is 0 Å². The number of piperazine rings is 1. The fourth-order valence-corrected chi connectivity index (χ4v) is 4.66. The number of amides is 2. The van der Waals surface area contributed by atoms with E-state index in [-0.39, 0.29) is 17.7 Å². The highest BCUT2D eigenvalue weighted by molar-refractivity contribution is 5.95. The summed E-state index contributed by atoms with van der Waals surface area (Å²) in [4.78, 5) is 41.0. The first-order valence-electron chi connectivity index (χ1n) is 12.0. The molecule has 0 bridgehead atoms. The molecular weight excluding hydrogens is 416 g/mol. The molecule has 2 saturated carbocycles. The lowest BCUT2D eigenvalue weighted by Crippen LogP contribution is -2.53. The van der Waals surface area contributed by atoms with Gasteiger partial charge in [-0.25, -0.2) is 0 Å². The molecule has 1 heterocycles. The number of nitrogens with zero attached hydrogens (tertiary/aromatic N) is 2. The van der Waals surface area contributed by atoms with Gasteiger partial charge in [0.25, 0.3) is 11.8 Å². The average Bonchev–Trinajstić information content (AvgIpc) is 3.56. The molecule has 2 aliphatic carbocycles. The predicted octanol–water partition coefficient (Wildman–Crippen LogP) is 3.07. The van der Waals surface area contributed by atoms with Gasteiger partial charge < -0.3 is 14.9 Å². The topological polar surface area (TPSA) is 77.9 Å². The molecule has 6 nitrogen and oxygen atoms in total. The third-order valence-electron chi connectivity index (χ3n) is 7.31. The lowest BCUT2D eigenvalue weighted by molar-refractivity contribution is -0.143. The summed E-state index contributed by atoms with van der Waals surface area (Å²) in [6.07, 6.45) is 4.79. The lowest BCUT2D eigenvalue weighted by atomic mass is 9.80. The largest absolute Gasteiger partial charge is 0.380 e. The van der Waals surface area contributed by atoms with Crippen LogP contribution < -0.4 is 0 Å². The van der Waals surface area contributed by atoms with E-state index in [1.54, 1.807) is 9.80 Å². The van der Waals surface area contributed by atoms with Crippen molar-refractivity contribution in [3.8, 4) is 11.1 Å². The van der Waals surface area contributed by atoms with Gasteiger partial charge in [0.15, 0.2) is 0 Å². The molecule has 0 spiro atoms. The van der Waals surface area contributed by atoms with E-state index in [0.29, 0.717) is 56.8 Å². The molecule has 6 heteroatoms. The second-order valence-corrected chi connectivity index (χ2v) is 9.66.